The summed E-state index contributed by atoms with van der Waals surface area (Å²) in [6, 6.07) is 8.38. The van der Waals surface area contributed by atoms with Gasteiger partial charge in [0.1, 0.15) is 0 Å². The smallest absolute Gasteiger partial charge is 0.191 e. The summed E-state index contributed by atoms with van der Waals surface area (Å²) in [6.07, 6.45) is 7.10. The van der Waals surface area contributed by atoms with Crippen LogP contribution in [0.3, 0.4) is 0 Å². The van der Waals surface area contributed by atoms with Crippen molar-refractivity contribution in [2.45, 2.75) is 52.0 Å². The largest absolute Gasteiger partial charge is 0.396 e. The summed E-state index contributed by atoms with van der Waals surface area (Å²) in [4.78, 5) is 4.76. The standard InChI is InChI=1S/C22H38N4O2/c1-3-23-21(26-18-22(13-15-27)11-5-4-6-12-22)25-17-19-7-9-20(10-8-19)24-14-16-28-2/h7-10,24,27H,3-6,11-18H2,1-2H3,(H2,23,25,26). The second-order valence-corrected chi connectivity index (χ2v) is 7.70. The summed E-state index contributed by atoms with van der Waals surface area (Å²) in [5.74, 6) is 0.854. The van der Waals surface area contributed by atoms with E-state index in [1.165, 1.54) is 37.7 Å². The predicted octanol–water partition coefficient (Wildman–Crippen LogP) is 3.13. The molecule has 0 atom stereocenters. The van der Waals surface area contributed by atoms with E-state index in [4.69, 9.17) is 9.73 Å². The fourth-order valence-electron chi connectivity index (χ4n) is 3.86. The van der Waals surface area contributed by atoms with Crippen LogP contribution in [0.1, 0.15) is 51.0 Å². The molecule has 1 aromatic rings. The van der Waals surface area contributed by atoms with Gasteiger partial charge in [-0.15, -0.1) is 0 Å². The van der Waals surface area contributed by atoms with Gasteiger partial charge in [-0.2, -0.15) is 0 Å². The van der Waals surface area contributed by atoms with E-state index in [1.54, 1.807) is 7.11 Å². The summed E-state index contributed by atoms with van der Waals surface area (Å²) in [5, 5.41) is 19.7. The van der Waals surface area contributed by atoms with E-state index in [2.05, 4.69) is 47.1 Å². The van der Waals surface area contributed by atoms with Gasteiger partial charge in [0.25, 0.3) is 0 Å². The van der Waals surface area contributed by atoms with Crippen molar-refractivity contribution in [2.75, 3.05) is 45.3 Å². The molecule has 28 heavy (non-hydrogen) atoms. The Kier molecular flexibility index (Phi) is 10.1. The second-order valence-electron chi connectivity index (χ2n) is 7.70. The second kappa shape index (κ2) is 12.6. The van der Waals surface area contributed by atoms with Gasteiger partial charge in [0, 0.05) is 39.0 Å². The van der Waals surface area contributed by atoms with E-state index in [9.17, 15) is 5.11 Å². The third-order valence-electron chi connectivity index (χ3n) is 5.54. The molecule has 0 unspecified atom stereocenters. The Hall–Kier alpha value is -1.79. The van der Waals surface area contributed by atoms with Gasteiger partial charge in [0.2, 0.25) is 0 Å². The number of aliphatic hydroxyl groups is 1. The number of hydrogen-bond donors (Lipinski definition) is 4. The highest BCUT2D eigenvalue weighted by Crippen LogP contribution is 2.38. The van der Waals surface area contributed by atoms with Crippen molar-refractivity contribution < 1.29 is 9.84 Å². The molecular weight excluding hydrogens is 352 g/mol. The van der Waals surface area contributed by atoms with E-state index >= 15 is 0 Å². The van der Waals surface area contributed by atoms with Crippen LogP contribution < -0.4 is 16.0 Å². The van der Waals surface area contributed by atoms with Crippen molar-refractivity contribution >= 4 is 11.6 Å². The van der Waals surface area contributed by atoms with Gasteiger partial charge >= 0.3 is 0 Å². The van der Waals surface area contributed by atoms with E-state index in [1.807, 2.05) is 0 Å². The number of ether oxygens (including phenoxy) is 1. The summed E-state index contributed by atoms with van der Waals surface area (Å²) >= 11 is 0. The van der Waals surface area contributed by atoms with Gasteiger partial charge in [-0.1, -0.05) is 31.4 Å². The number of methoxy groups -OCH3 is 1. The van der Waals surface area contributed by atoms with E-state index in [0.29, 0.717) is 13.2 Å². The molecule has 0 bridgehead atoms. The molecule has 0 aliphatic heterocycles. The normalized spacial score (nSPS) is 16.6. The highest BCUT2D eigenvalue weighted by molar-refractivity contribution is 5.79. The maximum atomic E-state index is 9.51. The Morgan fingerprint density at radius 3 is 2.54 bits per heavy atom. The maximum absolute atomic E-state index is 9.51. The molecule has 0 radical (unpaired) electrons. The Morgan fingerprint density at radius 1 is 1.14 bits per heavy atom. The summed E-state index contributed by atoms with van der Waals surface area (Å²) < 4.78 is 5.06. The minimum atomic E-state index is 0.207. The molecule has 2 rings (SSSR count). The quantitative estimate of drug-likeness (QED) is 0.265. The van der Waals surface area contributed by atoms with Crippen LogP contribution in [0.25, 0.3) is 0 Å². The Bertz CT molecular complexity index is 563. The van der Waals surface area contributed by atoms with Crippen LogP contribution in [0.5, 0.6) is 0 Å². The molecule has 6 heteroatoms. The first kappa shape index (κ1) is 22.5. The molecule has 1 aliphatic rings. The molecular formula is C22H38N4O2. The van der Waals surface area contributed by atoms with Gasteiger partial charge in [0.05, 0.1) is 13.2 Å². The number of nitrogens with zero attached hydrogens (tertiary/aromatic N) is 1. The average molecular weight is 391 g/mol. The van der Waals surface area contributed by atoms with Crippen molar-refractivity contribution in [3.63, 3.8) is 0 Å². The van der Waals surface area contributed by atoms with Crippen LogP contribution in [-0.2, 0) is 11.3 Å². The number of aliphatic hydroxyl groups excluding tert-OH is 1. The molecule has 1 aliphatic carbocycles. The minimum Gasteiger partial charge on any atom is -0.396 e. The predicted molar refractivity (Wildman–Crippen MR) is 117 cm³/mol. The molecule has 1 aromatic carbocycles. The highest BCUT2D eigenvalue weighted by atomic mass is 16.5. The van der Waals surface area contributed by atoms with Crippen molar-refractivity contribution in [1.29, 1.82) is 0 Å². The summed E-state index contributed by atoms with van der Waals surface area (Å²) in [7, 11) is 1.71. The molecule has 1 fully saturated rings. The Balaban J connectivity index is 1.90. The van der Waals surface area contributed by atoms with Gasteiger partial charge in [-0.25, -0.2) is 4.99 Å². The van der Waals surface area contributed by atoms with Gasteiger partial charge in [0.15, 0.2) is 5.96 Å². The maximum Gasteiger partial charge on any atom is 0.191 e. The lowest BCUT2D eigenvalue weighted by Gasteiger charge is -2.37. The molecule has 158 valence electrons. The zero-order valence-electron chi connectivity index (χ0n) is 17.6. The van der Waals surface area contributed by atoms with Crippen LogP contribution in [0.2, 0.25) is 0 Å². The lowest BCUT2D eigenvalue weighted by Crippen LogP contribution is -2.44. The minimum absolute atomic E-state index is 0.207. The number of nitrogens with one attached hydrogen (secondary N) is 3. The average Bonchev–Trinajstić information content (AvgIpc) is 2.72. The van der Waals surface area contributed by atoms with Crippen LogP contribution in [-0.4, -0.2) is 51.0 Å². The third kappa shape index (κ3) is 7.68. The zero-order valence-corrected chi connectivity index (χ0v) is 17.6. The van der Waals surface area contributed by atoms with Crippen molar-refractivity contribution in [3.05, 3.63) is 29.8 Å². The van der Waals surface area contributed by atoms with Crippen molar-refractivity contribution in [2.24, 2.45) is 10.4 Å². The molecule has 0 amide bonds. The first-order chi connectivity index (χ1) is 13.7. The number of rotatable bonds is 11. The van der Waals surface area contributed by atoms with E-state index in [0.717, 1.165) is 37.7 Å². The van der Waals surface area contributed by atoms with E-state index in [-0.39, 0.29) is 12.0 Å². The lowest BCUT2D eigenvalue weighted by molar-refractivity contribution is 0.131. The number of guanidine groups is 1. The number of anilines is 1. The number of benzene rings is 1. The first-order valence-corrected chi connectivity index (χ1v) is 10.7. The molecule has 0 aromatic heterocycles. The molecule has 0 spiro atoms. The van der Waals surface area contributed by atoms with Crippen LogP contribution in [0.4, 0.5) is 5.69 Å². The monoisotopic (exact) mass is 390 g/mol. The number of hydrogen-bond acceptors (Lipinski definition) is 4. The third-order valence-corrected chi connectivity index (χ3v) is 5.54. The topological polar surface area (TPSA) is 77.9 Å². The van der Waals surface area contributed by atoms with Crippen molar-refractivity contribution in [1.82, 2.24) is 10.6 Å². The molecule has 4 N–H and O–H groups in total. The SMILES string of the molecule is CCNC(=NCc1ccc(NCCOC)cc1)NCC1(CCO)CCCCC1. The Labute approximate surface area is 170 Å². The van der Waals surface area contributed by atoms with E-state index < -0.39 is 0 Å². The van der Waals surface area contributed by atoms with Crippen LogP contribution in [0.15, 0.2) is 29.3 Å². The lowest BCUT2D eigenvalue weighted by atomic mass is 9.72. The Morgan fingerprint density at radius 2 is 1.89 bits per heavy atom. The van der Waals surface area contributed by atoms with Crippen LogP contribution >= 0.6 is 0 Å². The highest BCUT2D eigenvalue weighted by Gasteiger charge is 2.31. The fourth-order valence-corrected chi connectivity index (χ4v) is 3.86. The van der Waals surface area contributed by atoms with Gasteiger partial charge in [-0.3, -0.25) is 0 Å². The fraction of sp³-hybridized carbons (Fsp3) is 0.682. The summed E-state index contributed by atoms with van der Waals surface area (Å²) in [5.41, 5.74) is 2.48. The first-order valence-electron chi connectivity index (χ1n) is 10.7. The number of aliphatic imine (C=N–C) groups is 1. The molecule has 0 saturated heterocycles. The van der Waals surface area contributed by atoms with Gasteiger partial charge < -0.3 is 25.8 Å². The molecule has 1 saturated carbocycles. The summed E-state index contributed by atoms with van der Waals surface area (Å²) in [6.45, 7) is 6.20. The van der Waals surface area contributed by atoms with Crippen LogP contribution in [0, 0.1) is 5.41 Å². The van der Waals surface area contributed by atoms with Gasteiger partial charge in [-0.05, 0) is 49.3 Å². The zero-order chi connectivity index (χ0) is 20.1. The van der Waals surface area contributed by atoms with Crippen molar-refractivity contribution in [3.8, 4) is 0 Å². The molecule has 0 heterocycles. The molecule has 6 nitrogen and oxygen atoms in total.